The number of carboxylic acid groups (broad SMARTS) is 1. The second kappa shape index (κ2) is 10.5. The van der Waals surface area contributed by atoms with Gasteiger partial charge in [-0.15, -0.1) is 0 Å². The number of rotatable bonds is 6. The van der Waals surface area contributed by atoms with Crippen LogP contribution in [0.5, 0.6) is 0 Å². The highest BCUT2D eigenvalue weighted by Gasteiger charge is 2.38. The Labute approximate surface area is 209 Å². The second-order valence-corrected chi connectivity index (χ2v) is 8.68. The SMILES string of the molecule is O=C(O)c1ccc(Cc2ccc(C(=O)N3C[C@H](Nc4cncc(C(F)(F)F)n4)[C@@H](O)[C@@H](O)C3)cc2)cc1. The molecule has 0 bridgehead atoms. The number of amides is 1. The number of anilines is 1. The molecule has 0 aliphatic carbocycles. The Morgan fingerprint density at radius 1 is 0.946 bits per heavy atom. The van der Waals surface area contributed by atoms with Crippen molar-refractivity contribution < 1.29 is 38.1 Å². The fraction of sp³-hybridized carbons (Fsp3) is 0.280. The molecule has 0 radical (unpaired) electrons. The molecular weight excluding hydrogens is 493 g/mol. The van der Waals surface area contributed by atoms with Crippen LogP contribution in [0.15, 0.2) is 60.9 Å². The van der Waals surface area contributed by atoms with Crippen LogP contribution < -0.4 is 5.32 Å². The predicted molar refractivity (Wildman–Crippen MR) is 125 cm³/mol. The van der Waals surface area contributed by atoms with Crippen molar-refractivity contribution in [3.8, 4) is 0 Å². The summed E-state index contributed by atoms with van der Waals surface area (Å²) >= 11 is 0. The summed E-state index contributed by atoms with van der Waals surface area (Å²) in [5, 5.41) is 32.3. The first-order valence-electron chi connectivity index (χ1n) is 11.2. The van der Waals surface area contributed by atoms with Gasteiger partial charge in [-0.3, -0.25) is 9.78 Å². The Hall–Kier alpha value is -4.03. The lowest BCUT2D eigenvalue weighted by atomic mass is 9.98. The Kier molecular flexibility index (Phi) is 7.41. The van der Waals surface area contributed by atoms with Gasteiger partial charge >= 0.3 is 12.1 Å². The highest BCUT2D eigenvalue weighted by atomic mass is 19.4. The number of aliphatic hydroxyl groups excluding tert-OH is 2. The van der Waals surface area contributed by atoms with Crippen LogP contribution in [-0.2, 0) is 12.6 Å². The van der Waals surface area contributed by atoms with Crippen LogP contribution in [-0.4, -0.2) is 73.4 Å². The highest BCUT2D eigenvalue weighted by molar-refractivity contribution is 5.94. The zero-order chi connectivity index (χ0) is 26.7. The van der Waals surface area contributed by atoms with Gasteiger partial charge in [-0.2, -0.15) is 13.2 Å². The summed E-state index contributed by atoms with van der Waals surface area (Å²) in [4.78, 5) is 32.3. The molecule has 1 aromatic heterocycles. The molecule has 2 aromatic carbocycles. The zero-order valence-corrected chi connectivity index (χ0v) is 19.3. The summed E-state index contributed by atoms with van der Waals surface area (Å²) in [7, 11) is 0. The fourth-order valence-corrected chi connectivity index (χ4v) is 4.03. The van der Waals surface area contributed by atoms with Gasteiger partial charge in [0.2, 0.25) is 0 Å². The summed E-state index contributed by atoms with van der Waals surface area (Å²) in [5.41, 5.74) is 1.08. The van der Waals surface area contributed by atoms with Crippen molar-refractivity contribution >= 4 is 17.7 Å². The number of nitrogens with zero attached hydrogens (tertiary/aromatic N) is 3. The van der Waals surface area contributed by atoms with Crippen LogP contribution in [0.4, 0.5) is 19.0 Å². The Morgan fingerprint density at radius 2 is 1.54 bits per heavy atom. The van der Waals surface area contributed by atoms with Gasteiger partial charge in [-0.05, 0) is 41.8 Å². The third kappa shape index (κ3) is 6.22. The molecule has 4 N–H and O–H groups in total. The minimum absolute atomic E-state index is 0.0906. The average Bonchev–Trinajstić information content (AvgIpc) is 2.86. The molecule has 1 amide bonds. The maximum Gasteiger partial charge on any atom is 0.434 e. The number of carboxylic acids is 1. The first-order valence-corrected chi connectivity index (χ1v) is 11.2. The van der Waals surface area contributed by atoms with Crippen LogP contribution in [0.2, 0.25) is 0 Å². The Morgan fingerprint density at radius 3 is 2.11 bits per heavy atom. The molecular formula is C25H23F3N4O5. The molecule has 2 heterocycles. The normalized spacial score (nSPS) is 19.9. The number of aromatic nitrogens is 2. The molecule has 194 valence electrons. The maximum absolute atomic E-state index is 13.1. The smallest absolute Gasteiger partial charge is 0.434 e. The molecule has 0 saturated carbocycles. The van der Waals surface area contributed by atoms with Crippen molar-refractivity contribution in [3.05, 3.63) is 88.9 Å². The number of carbonyl (C=O) groups is 2. The van der Waals surface area contributed by atoms with Gasteiger partial charge in [0.05, 0.1) is 30.1 Å². The largest absolute Gasteiger partial charge is 0.478 e. The average molecular weight is 516 g/mol. The van der Waals surface area contributed by atoms with Crippen LogP contribution in [0, 0.1) is 0 Å². The number of benzene rings is 2. The van der Waals surface area contributed by atoms with E-state index in [4.69, 9.17) is 5.11 Å². The van der Waals surface area contributed by atoms with Crippen molar-refractivity contribution in [2.75, 3.05) is 18.4 Å². The van der Waals surface area contributed by atoms with Gasteiger partial charge in [-0.1, -0.05) is 24.3 Å². The van der Waals surface area contributed by atoms with Crippen molar-refractivity contribution in [1.82, 2.24) is 14.9 Å². The molecule has 1 aliphatic rings. The third-order valence-electron chi connectivity index (χ3n) is 5.99. The van der Waals surface area contributed by atoms with E-state index in [0.29, 0.717) is 18.2 Å². The number of piperidine rings is 1. The molecule has 9 nitrogen and oxygen atoms in total. The highest BCUT2D eigenvalue weighted by Crippen LogP contribution is 2.28. The Bertz CT molecular complexity index is 1270. The molecule has 1 saturated heterocycles. The van der Waals surface area contributed by atoms with E-state index >= 15 is 0 Å². The van der Waals surface area contributed by atoms with Crippen LogP contribution >= 0.6 is 0 Å². The summed E-state index contributed by atoms with van der Waals surface area (Å²) < 4.78 is 38.8. The molecule has 1 fully saturated rings. The molecule has 3 aromatic rings. The van der Waals surface area contributed by atoms with E-state index in [1.807, 2.05) is 0 Å². The minimum Gasteiger partial charge on any atom is -0.478 e. The van der Waals surface area contributed by atoms with E-state index < -0.39 is 42.0 Å². The van der Waals surface area contributed by atoms with Gasteiger partial charge in [0.1, 0.15) is 11.9 Å². The molecule has 12 heteroatoms. The quantitative estimate of drug-likeness (QED) is 0.392. The number of aromatic carboxylic acids is 1. The van der Waals surface area contributed by atoms with Crippen molar-refractivity contribution in [3.63, 3.8) is 0 Å². The number of hydrogen-bond acceptors (Lipinski definition) is 7. The molecule has 0 unspecified atom stereocenters. The van der Waals surface area contributed by atoms with Crippen LogP contribution in [0.25, 0.3) is 0 Å². The van der Waals surface area contributed by atoms with Gasteiger partial charge in [0.25, 0.3) is 5.91 Å². The topological polar surface area (TPSA) is 136 Å². The van der Waals surface area contributed by atoms with Gasteiger partial charge in [-0.25, -0.2) is 9.78 Å². The zero-order valence-electron chi connectivity index (χ0n) is 19.3. The number of likely N-dealkylation sites (tertiary alicyclic amines) is 1. The predicted octanol–water partition coefficient (Wildman–Crippen LogP) is 2.44. The minimum atomic E-state index is -4.70. The van der Waals surface area contributed by atoms with E-state index in [0.717, 1.165) is 17.3 Å². The summed E-state index contributed by atoms with van der Waals surface area (Å²) in [6.07, 6.45) is -5.24. The van der Waals surface area contributed by atoms with Gasteiger partial charge in [0, 0.05) is 18.7 Å². The molecule has 0 spiro atoms. The first-order chi connectivity index (χ1) is 17.5. The summed E-state index contributed by atoms with van der Waals surface area (Å²) in [6.45, 7) is -0.253. The van der Waals surface area contributed by atoms with Crippen molar-refractivity contribution in [1.29, 1.82) is 0 Å². The summed E-state index contributed by atoms with van der Waals surface area (Å²) in [6, 6.07) is 12.2. The summed E-state index contributed by atoms with van der Waals surface area (Å²) in [5.74, 6) is -1.68. The third-order valence-corrected chi connectivity index (χ3v) is 5.99. The number of β-amino-alcohol motifs (C(OH)–C–C–N with tert-alkyl or cyclic N) is 1. The lowest BCUT2D eigenvalue weighted by Crippen LogP contribution is -2.59. The fourth-order valence-electron chi connectivity index (χ4n) is 4.03. The second-order valence-electron chi connectivity index (χ2n) is 8.68. The number of nitrogens with one attached hydrogen (secondary N) is 1. The Balaban J connectivity index is 1.43. The lowest BCUT2D eigenvalue weighted by Gasteiger charge is -2.39. The number of carbonyl (C=O) groups excluding carboxylic acids is 1. The molecule has 37 heavy (non-hydrogen) atoms. The number of hydrogen-bond donors (Lipinski definition) is 4. The van der Waals surface area contributed by atoms with E-state index in [1.165, 1.54) is 17.0 Å². The first kappa shape index (κ1) is 26.0. The van der Waals surface area contributed by atoms with Gasteiger partial charge in [0.15, 0.2) is 5.69 Å². The lowest BCUT2D eigenvalue weighted by molar-refractivity contribution is -0.141. The van der Waals surface area contributed by atoms with E-state index in [1.54, 1.807) is 36.4 Å². The molecule has 3 atom stereocenters. The number of halogens is 3. The van der Waals surface area contributed by atoms with E-state index in [9.17, 15) is 33.0 Å². The molecule has 1 aliphatic heterocycles. The standard InChI is InChI=1S/C25H23F3N4O5/c26-25(27,28)20-10-29-11-21(31-20)30-18-12-32(13-19(33)22(18)34)23(35)16-5-1-14(2-6-16)9-15-3-7-17(8-4-15)24(36)37/h1-8,10-11,18-19,22,33-34H,9,12-13H2,(H,30,31)(H,36,37)/t18-,19-,22+/m0/s1. The van der Waals surface area contributed by atoms with Crippen LogP contribution in [0.3, 0.4) is 0 Å². The van der Waals surface area contributed by atoms with Crippen molar-refractivity contribution in [2.24, 2.45) is 0 Å². The van der Waals surface area contributed by atoms with Gasteiger partial charge < -0.3 is 25.5 Å². The number of aliphatic hydroxyl groups is 2. The van der Waals surface area contributed by atoms with E-state index in [2.05, 4.69) is 15.3 Å². The van der Waals surface area contributed by atoms with E-state index in [-0.39, 0.29) is 24.5 Å². The molecule has 4 rings (SSSR count). The van der Waals surface area contributed by atoms with Crippen LogP contribution in [0.1, 0.15) is 37.5 Å². The maximum atomic E-state index is 13.1. The number of alkyl halides is 3. The monoisotopic (exact) mass is 516 g/mol. The van der Waals surface area contributed by atoms with Crippen molar-refractivity contribution in [2.45, 2.75) is 30.8 Å².